The molecule has 0 aliphatic heterocycles. The maximum Gasteiger partial charge on any atom is 0.269 e. The summed E-state index contributed by atoms with van der Waals surface area (Å²) in [6, 6.07) is 11.1. The van der Waals surface area contributed by atoms with E-state index in [4.69, 9.17) is 28.9 Å². The third-order valence-corrected chi connectivity index (χ3v) is 3.54. The fourth-order valence-electron chi connectivity index (χ4n) is 1.92. The van der Waals surface area contributed by atoms with Crippen LogP contribution in [0.25, 0.3) is 0 Å². The van der Waals surface area contributed by atoms with Gasteiger partial charge in [-0.05, 0) is 35.7 Å². The third kappa shape index (κ3) is 3.48. The van der Waals surface area contributed by atoms with Crippen molar-refractivity contribution in [2.24, 2.45) is 5.73 Å². The summed E-state index contributed by atoms with van der Waals surface area (Å²) in [5.74, 6) is 0. The van der Waals surface area contributed by atoms with Gasteiger partial charge in [0.05, 0.1) is 4.92 Å². The van der Waals surface area contributed by atoms with E-state index >= 15 is 0 Å². The lowest BCUT2D eigenvalue weighted by molar-refractivity contribution is -0.384. The normalized spacial score (nSPS) is 12.2. The fraction of sp³-hybridized carbons (Fsp3) is 0.143. The molecule has 0 radical (unpaired) electrons. The first-order valence-corrected chi connectivity index (χ1v) is 6.67. The molecule has 0 spiro atoms. The SMILES string of the molecule is NC(Cc1ccc([N+](=O)[O-])cc1)c1cc(Cl)ccc1Cl. The van der Waals surface area contributed by atoms with Crippen molar-refractivity contribution in [3.8, 4) is 0 Å². The molecule has 0 amide bonds. The fourth-order valence-corrected chi connectivity index (χ4v) is 2.35. The summed E-state index contributed by atoms with van der Waals surface area (Å²) in [5.41, 5.74) is 7.84. The Kier molecular flexibility index (Phi) is 4.60. The van der Waals surface area contributed by atoms with Gasteiger partial charge in [0.1, 0.15) is 0 Å². The van der Waals surface area contributed by atoms with E-state index in [-0.39, 0.29) is 11.7 Å². The largest absolute Gasteiger partial charge is 0.324 e. The second kappa shape index (κ2) is 6.22. The summed E-state index contributed by atoms with van der Waals surface area (Å²) < 4.78 is 0. The zero-order valence-corrected chi connectivity index (χ0v) is 11.9. The van der Waals surface area contributed by atoms with Crippen LogP contribution in [-0.2, 0) is 6.42 Å². The first-order chi connectivity index (χ1) is 9.47. The van der Waals surface area contributed by atoms with Crippen molar-refractivity contribution in [3.63, 3.8) is 0 Å². The van der Waals surface area contributed by atoms with E-state index in [9.17, 15) is 10.1 Å². The van der Waals surface area contributed by atoms with Gasteiger partial charge in [-0.2, -0.15) is 0 Å². The van der Waals surface area contributed by atoms with E-state index < -0.39 is 4.92 Å². The zero-order chi connectivity index (χ0) is 14.7. The van der Waals surface area contributed by atoms with Gasteiger partial charge in [0.15, 0.2) is 0 Å². The number of nitrogens with zero attached hydrogens (tertiary/aromatic N) is 1. The number of rotatable bonds is 4. The smallest absolute Gasteiger partial charge is 0.269 e. The zero-order valence-electron chi connectivity index (χ0n) is 10.4. The van der Waals surface area contributed by atoms with Gasteiger partial charge >= 0.3 is 0 Å². The van der Waals surface area contributed by atoms with Gasteiger partial charge in [-0.15, -0.1) is 0 Å². The third-order valence-electron chi connectivity index (χ3n) is 2.96. The highest BCUT2D eigenvalue weighted by Gasteiger charge is 2.12. The molecule has 0 bridgehead atoms. The number of nitro benzene ring substituents is 1. The molecule has 0 fully saturated rings. The highest BCUT2D eigenvalue weighted by atomic mass is 35.5. The van der Waals surface area contributed by atoms with Crippen LogP contribution < -0.4 is 5.73 Å². The molecule has 2 aromatic carbocycles. The van der Waals surface area contributed by atoms with Crippen LogP contribution in [0.3, 0.4) is 0 Å². The Labute approximate surface area is 126 Å². The standard InChI is InChI=1S/C14H12Cl2N2O2/c15-10-3-6-13(16)12(8-10)14(17)7-9-1-4-11(5-2-9)18(19)20/h1-6,8,14H,7,17H2. The van der Waals surface area contributed by atoms with Crippen LogP contribution in [0.2, 0.25) is 10.0 Å². The van der Waals surface area contributed by atoms with Crippen molar-refractivity contribution < 1.29 is 4.92 Å². The minimum absolute atomic E-state index is 0.0584. The van der Waals surface area contributed by atoms with E-state index in [0.717, 1.165) is 11.1 Å². The lowest BCUT2D eigenvalue weighted by Crippen LogP contribution is -2.13. The van der Waals surface area contributed by atoms with E-state index in [0.29, 0.717) is 16.5 Å². The molecular weight excluding hydrogens is 299 g/mol. The second-order valence-corrected chi connectivity index (χ2v) is 5.24. The molecular formula is C14H12Cl2N2O2. The summed E-state index contributed by atoms with van der Waals surface area (Å²) in [5, 5.41) is 11.7. The predicted octanol–water partition coefficient (Wildman–Crippen LogP) is 4.14. The molecule has 4 nitrogen and oxygen atoms in total. The van der Waals surface area contributed by atoms with Crippen molar-refractivity contribution >= 4 is 28.9 Å². The molecule has 0 heterocycles. The Balaban J connectivity index is 2.16. The molecule has 0 saturated heterocycles. The molecule has 104 valence electrons. The Bertz CT molecular complexity index is 630. The molecule has 0 aliphatic carbocycles. The van der Waals surface area contributed by atoms with Gasteiger partial charge in [0, 0.05) is 28.2 Å². The van der Waals surface area contributed by atoms with Crippen LogP contribution in [-0.4, -0.2) is 4.92 Å². The van der Waals surface area contributed by atoms with Crippen molar-refractivity contribution in [2.45, 2.75) is 12.5 Å². The lowest BCUT2D eigenvalue weighted by atomic mass is 9.99. The van der Waals surface area contributed by atoms with Crippen LogP contribution >= 0.6 is 23.2 Å². The van der Waals surface area contributed by atoms with E-state index in [2.05, 4.69) is 0 Å². The topological polar surface area (TPSA) is 69.2 Å². The number of hydrogen-bond acceptors (Lipinski definition) is 3. The first kappa shape index (κ1) is 14.8. The number of benzene rings is 2. The molecule has 2 aromatic rings. The average Bonchev–Trinajstić information content (AvgIpc) is 2.42. The minimum Gasteiger partial charge on any atom is -0.324 e. The Morgan fingerprint density at radius 3 is 2.40 bits per heavy atom. The highest BCUT2D eigenvalue weighted by molar-refractivity contribution is 6.33. The average molecular weight is 311 g/mol. The highest BCUT2D eigenvalue weighted by Crippen LogP contribution is 2.27. The summed E-state index contributed by atoms with van der Waals surface area (Å²) in [4.78, 5) is 10.2. The van der Waals surface area contributed by atoms with Gasteiger partial charge in [-0.3, -0.25) is 10.1 Å². The van der Waals surface area contributed by atoms with Gasteiger partial charge in [0.25, 0.3) is 5.69 Å². The molecule has 1 unspecified atom stereocenters. The summed E-state index contributed by atoms with van der Waals surface area (Å²) in [6.07, 6.45) is 0.526. The van der Waals surface area contributed by atoms with Crippen LogP contribution in [0.5, 0.6) is 0 Å². The van der Waals surface area contributed by atoms with Crippen LogP contribution in [0.1, 0.15) is 17.2 Å². The Hall–Kier alpha value is -1.62. The maximum absolute atomic E-state index is 10.6. The van der Waals surface area contributed by atoms with Crippen molar-refractivity contribution in [3.05, 3.63) is 73.8 Å². The molecule has 0 aliphatic rings. The van der Waals surface area contributed by atoms with Crippen LogP contribution in [0.4, 0.5) is 5.69 Å². The van der Waals surface area contributed by atoms with Gasteiger partial charge in [-0.25, -0.2) is 0 Å². The molecule has 0 saturated carbocycles. The van der Waals surface area contributed by atoms with Crippen molar-refractivity contribution in [1.29, 1.82) is 0 Å². The number of nitro groups is 1. The van der Waals surface area contributed by atoms with Crippen LogP contribution in [0, 0.1) is 10.1 Å². The quantitative estimate of drug-likeness (QED) is 0.681. The summed E-state index contributed by atoms with van der Waals surface area (Å²) >= 11 is 12.0. The number of halogens is 2. The molecule has 6 heteroatoms. The maximum atomic E-state index is 10.6. The monoisotopic (exact) mass is 310 g/mol. The minimum atomic E-state index is -0.433. The van der Waals surface area contributed by atoms with Gasteiger partial charge in [-0.1, -0.05) is 35.3 Å². The second-order valence-electron chi connectivity index (χ2n) is 4.40. The Morgan fingerprint density at radius 2 is 1.80 bits per heavy atom. The lowest BCUT2D eigenvalue weighted by Gasteiger charge is -2.14. The number of hydrogen-bond donors (Lipinski definition) is 1. The molecule has 2 N–H and O–H groups in total. The van der Waals surface area contributed by atoms with Crippen LogP contribution in [0.15, 0.2) is 42.5 Å². The van der Waals surface area contributed by atoms with E-state index in [1.54, 1.807) is 30.3 Å². The van der Waals surface area contributed by atoms with Crippen molar-refractivity contribution in [2.75, 3.05) is 0 Å². The molecule has 1 atom stereocenters. The molecule has 0 aromatic heterocycles. The number of nitrogens with two attached hydrogens (primary N) is 1. The Morgan fingerprint density at radius 1 is 1.15 bits per heavy atom. The van der Waals surface area contributed by atoms with Gasteiger partial charge < -0.3 is 5.73 Å². The predicted molar refractivity (Wildman–Crippen MR) is 80.2 cm³/mol. The van der Waals surface area contributed by atoms with Crippen molar-refractivity contribution in [1.82, 2.24) is 0 Å². The molecule has 20 heavy (non-hydrogen) atoms. The number of non-ortho nitro benzene ring substituents is 1. The van der Waals surface area contributed by atoms with E-state index in [1.807, 2.05) is 0 Å². The summed E-state index contributed by atoms with van der Waals surface area (Å²) in [6.45, 7) is 0. The first-order valence-electron chi connectivity index (χ1n) is 5.91. The molecule has 2 rings (SSSR count). The van der Waals surface area contributed by atoms with E-state index in [1.165, 1.54) is 12.1 Å². The van der Waals surface area contributed by atoms with Gasteiger partial charge in [0.2, 0.25) is 0 Å². The summed E-state index contributed by atoms with van der Waals surface area (Å²) in [7, 11) is 0.